The molecular formula is C14H19ClN2O. The Labute approximate surface area is 113 Å². The van der Waals surface area contributed by atoms with E-state index in [1.54, 1.807) is 12.1 Å². The van der Waals surface area contributed by atoms with Gasteiger partial charge in [-0.05, 0) is 51.2 Å². The standard InChI is InChI=1S/C14H19ClN2O/c1-16-7-5-13(6-8-16)17(2)14-9-12(15)4-3-11(14)10-18/h3-4,9-10,13H,5-8H2,1-2H3. The predicted octanol–water partition coefficient (Wildman–Crippen LogP) is 2.68. The van der Waals surface area contributed by atoms with Crippen molar-refractivity contribution in [2.24, 2.45) is 0 Å². The van der Waals surface area contributed by atoms with Gasteiger partial charge in [-0.3, -0.25) is 4.79 Å². The molecule has 0 aromatic heterocycles. The summed E-state index contributed by atoms with van der Waals surface area (Å²) in [5, 5.41) is 0.676. The van der Waals surface area contributed by atoms with E-state index in [4.69, 9.17) is 11.6 Å². The zero-order valence-electron chi connectivity index (χ0n) is 10.9. The third-order valence-corrected chi connectivity index (χ3v) is 3.97. The number of piperidine rings is 1. The first-order valence-electron chi connectivity index (χ1n) is 6.28. The molecule has 1 saturated heterocycles. The number of aldehydes is 1. The maximum Gasteiger partial charge on any atom is 0.152 e. The quantitative estimate of drug-likeness (QED) is 0.786. The van der Waals surface area contributed by atoms with Gasteiger partial charge in [-0.2, -0.15) is 0 Å². The van der Waals surface area contributed by atoms with Crippen molar-refractivity contribution in [3.8, 4) is 0 Å². The SMILES string of the molecule is CN1CCC(N(C)c2cc(Cl)ccc2C=O)CC1. The molecule has 0 N–H and O–H groups in total. The summed E-state index contributed by atoms with van der Waals surface area (Å²) in [5.41, 5.74) is 1.65. The van der Waals surface area contributed by atoms with Crippen LogP contribution in [0.4, 0.5) is 5.69 Å². The first kappa shape index (κ1) is 13.4. The van der Waals surface area contributed by atoms with Gasteiger partial charge in [0.1, 0.15) is 0 Å². The van der Waals surface area contributed by atoms with Gasteiger partial charge in [0.15, 0.2) is 6.29 Å². The highest BCUT2D eigenvalue weighted by Gasteiger charge is 2.22. The van der Waals surface area contributed by atoms with E-state index in [0.29, 0.717) is 16.6 Å². The van der Waals surface area contributed by atoms with Crippen molar-refractivity contribution < 1.29 is 4.79 Å². The van der Waals surface area contributed by atoms with Crippen molar-refractivity contribution in [2.75, 3.05) is 32.1 Å². The molecular weight excluding hydrogens is 248 g/mol. The minimum atomic E-state index is 0.485. The number of benzene rings is 1. The van der Waals surface area contributed by atoms with Gasteiger partial charge in [0.25, 0.3) is 0 Å². The number of hydrogen-bond acceptors (Lipinski definition) is 3. The van der Waals surface area contributed by atoms with Crippen molar-refractivity contribution in [1.82, 2.24) is 4.90 Å². The van der Waals surface area contributed by atoms with Gasteiger partial charge in [-0.15, -0.1) is 0 Å². The van der Waals surface area contributed by atoms with Crippen LogP contribution in [-0.4, -0.2) is 44.4 Å². The molecule has 1 aromatic rings. The van der Waals surface area contributed by atoms with Crippen LogP contribution in [0.25, 0.3) is 0 Å². The summed E-state index contributed by atoms with van der Waals surface area (Å²) in [6.07, 6.45) is 3.15. The van der Waals surface area contributed by atoms with E-state index in [1.807, 2.05) is 6.07 Å². The maximum atomic E-state index is 11.1. The van der Waals surface area contributed by atoms with Crippen molar-refractivity contribution in [2.45, 2.75) is 18.9 Å². The fourth-order valence-corrected chi connectivity index (χ4v) is 2.67. The zero-order valence-corrected chi connectivity index (χ0v) is 11.7. The van der Waals surface area contributed by atoms with Gasteiger partial charge in [-0.25, -0.2) is 0 Å². The average Bonchev–Trinajstić information content (AvgIpc) is 2.39. The number of hydrogen-bond donors (Lipinski definition) is 0. The van der Waals surface area contributed by atoms with E-state index in [9.17, 15) is 4.79 Å². The van der Waals surface area contributed by atoms with E-state index < -0.39 is 0 Å². The third kappa shape index (κ3) is 2.85. The van der Waals surface area contributed by atoms with E-state index >= 15 is 0 Å². The van der Waals surface area contributed by atoms with E-state index in [0.717, 1.165) is 37.9 Å². The highest BCUT2D eigenvalue weighted by atomic mass is 35.5. The molecule has 0 unspecified atom stereocenters. The second-order valence-electron chi connectivity index (χ2n) is 4.97. The molecule has 1 aliphatic rings. The number of likely N-dealkylation sites (tertiary alicyclic amines) is 1. The average molecular weight is 267 g/mol. The highest BCUT2D eigenvalue weighted by molar-refractivity contribution is 6.31. The van der Waals surface area contributed by atoms with Crippen LogP contribution in [0, 0.1) is 0 Å². The molecule has 1 aromatic carbocycles. The molecule has 2 rings (SSSR count). The van der Waals surface area contributed by atoms with Gasteiger partial charge in [0, 0.05) is 29.4 Å². The predicted molar refractivity (Wildman–Crippen MR) is 75.8 cm³/mol. The largest absolute Gasteiger partial charge is 0.371 e. The second kappa shape index (κ2) is 5.72. The first-order chi connectivity index (χ1) is 8.61. The summed E-state index contributed by atoms with van der Waals surface area (Å²) >= 11 is 6.03. The molecule has 1 heterocycles. The Kier molecular flexibility index (Phi) is 4.25. The lowest BCUT2D eigenvalue weighted by atomic mass is 10.0. The molecule has 0 bridgehead atoms. The molecule has 0 atom stereocenters. The number of nitrogens with zero attached hydrogens (tertiary/aromatic N) is 2. The van der Waals surface area contributed by atoms with Crippen molar-refractivity contribution in [1.29, 1.82) is 0 Å². The molecule has 18 heavy (non-hydrogen) atoms. The zero-order chi connectivity index (χ0) is 13.1. The fraction of sp³-hybridized carbons (Fsp3) is 0.500. The van der Waals surface area contributed by atoms with E-state index in [-0.39, 0.29) is 0 Å². The summed E-state index contributed by atoms with van der Waals surface area (Å²) < 4.78 is 0. The van der Waals surface area contributed by atoms with Crippen LogP contribution < -0.4 is 4.90 Å². The highest BCUT2D eigenvalue weighted by Crippen LogP contribution is 2.27. The van der Waals surface area contributed by atoms with Crippen molar-refractivity contribution >= 4 is 23.6 Å². The summed E-state index contributed by atoms with van der Waals surface area (Å²) in [6, 6.07) is 5.91. The minimum absolute atomic E-state index is 0.485. The normalized spacial score (nSPS) is 17.7. The van der Waals surface area contributed by atoms with Crippen LogP contribution in [0.1, 0.15) is 23.2 Å². The van der Waals surface area contributed by atoms with E-state index in [1.165, 1.54) is 0 Å². The van der Waals surface area contributed by atoms with Gasteiger partial charge >= 0.3 is 0 Å². The number of carbonyl (C=O) groups excluding carboxylic acids is 1. The summed E-state index contributed by atoms with van der Waals surface area (Å²) in [5.74, 6) is 0. The lowest BCUT2D eigenvalue weighted by molar-refractivity contribution is 0.112. The number of anilines is 1. The van der Waals surface area contributed by atoms with E-state index in [2.05, 4.69) is 23.9 Å². The van der Waals surface area contributed by atoms with Crippen LogP contribution in [0.3, 0.4) is 0 Å². The third-order valence-electron chi connectivity index (χ3n) is 3.74. The summed E-state index contributed by atoms with van der Waals surface area (Å²) in [6.45, 7) is 2.21. The first-order valence-corrected chi connectivity index (χ1v) is 6.65. The topological polar surface area (TPSA) is 23.6 Å². The van der Waals surface area contributed by atoms with Crippen LogP contribution in [-0.2, 0) is 0 Å². The lowest BCUT2D eigenvalue weighted by Gasteiger charge is -2.36. The Bertz CT molecular complexity index is 428. The van der Waals surface area contributed by atoms with Gasteiger partial charge in [0.05, 0.1) is 0 Å². The molecule has 4 heteroatoms. The minimum Gasteiger partial charge on any atom is -0.371 e. The van der Waals surface area contributed by atoms with Crippen molar-refractivity contribution in [3.63, 3.8) is 0 Å². The molecule has 0 radical (unpaired) electrons. The van der Waals surface area contributed by atoms with Gasteiger partial charge in [0.2, 0.25) is 0 Å². The Morgan fingerprint density at radius 2 is 2.06 bits per heavy atom. The van der Waals surface area contributed by atoms with Gasteiger partial charge in [-0.1, -0.05) is 11.6 Å². The maximum absolute atomic E-state index is 11.1. The molecule has 1 aliphatic heterocycles. The van der Waals surface area contributed by atoms with Crippen molar-refractivity contribution in [3.05, 3.63) is 28.8 Å². The van der Waals surface area contributed by atoms with Crippen LogP contribution in [0.2, 0.25) is 5.02 Å². The molecule has 1 fully saturated rings. The number of rotatable bonds is 3. The number of halogens is 1. The monoisotopic (exact) mass is 266 g/mol. The fourth-order valence-electron chi connectivity index (χ4n) is 2.50. The Morgan fingerprint density at radius 1 is 1.39 bits per heavy atom. The Morgan fingerprint density at radius 3 is 2.67 bits per heavy atom. The molecule has 3 nitrogen and oxygen atoms in total. The molecule has 0 aliphatic carbocycles. The second-order valence-corrected chi connectivity index (χ2v) is 5.40. The number of carbonyl (C=O) groups is 1. The van der Waals surface area contributed by atoms with Crippen LogP contribution >= 0.6 is 11.6 Å². The molecule has 0 amide bonds. The molecule has 0 spiro atoms. The summed E-state index contributed by atoms with van der Waals surface area (Å²) in [4.78, 5) is 15.6. The smallest absolute Gasteiger partial charge is 0.152 e. The lowest BCUT2D eigenvalue weighted by Crippen LogP contribution is -2.42. The summed E-state index contributed by atoms with van der Waals surface area (Å²) in [7, 11) is 4.20. The Balaban J connectivity index is 2.19. The van der Waals surface area contributed by atoms with Crippen LogP contribution in [0.5, 0.6) is 0 Å². The molecule has 0 saturated carbocycles. The van der Waals surface area contributed by atoms with Crippen LogP contribution in [0.15, 0.2) is 18.2 Å². The Hall–Kier alpha value is -1.06. The molecule has 98 valence electrons. The van der Waals surface area contributed by atoms with Gasteiger partial charge < -0.3 is 9.80 Å².